The molecule has 1 aromatic carbocycles. The van der Waals surface area contributed by atoms with Gasteiger partial charge in [0.2, 0.25) is 0 Å². The Morgan fingerprint density at radius 3 is 2.54 bits per heavy atom. The zero-order valence-corrected chi connectivity index (χ0v) is 15.6. The summed E-state index contributed by atoms with van der Waals surface area (Å²) >= 11 is 0. The molecule has 0 aliphatic rings. The van der Waals surface area contributed by atoms with E-state index >= 15 is 0 Å². The highest BCUT2D eigenvalue weighted by Gasteiger charge is 2.07. The van der Waals surface area contributed by atoms with Crippen molar-refractivity contribution < 1.29 is 0 Å². The van der Waals surface area contributed by atoms with Gasteiger partial charge in [0, 0.05) is 49.5 Å². The predicted octanol–water partition coefficient (Wildman–Crippen LogP) is 4.25. The summed E-state index contributed by atoms with van der Waals surface area (Å²) in [6.07, 6.45) is 7.63. The molecular weight excluding hydrogens is 322 g/mol. The Kier molecular flexibility index (Phi) is 4.98. The molecule has 5 heteroatoms. The second-order valence-electron chi connectivity index (χ2n) is 6.40. The van der Waals surface area contributed by atoms with Crippen LogP contribution in [0.5, 0.6) is 0 Å². The molecule has 0 radical (unpaired) electrons. The molecule has 0 amide bonds. The maximum absolute atomic E-state index is 4.67. The van der Waals surface area contributed by atoms with E-state index in [2.05, 4.69) is 40.0 Å². The van der Waals surface area contributed by atoms with E-state index in [9.17, 15) is 0 Å². The molecule has 0 atom stereocenters. The van der Waals surface area contributed by atoms with Crippen molar-refractivity contribution in [3.05, 3.63) is 78.5 Å². The highest BCUT2D eigenvalue weighted by Crippen LogP contribution is 2.22. The Morgan fingerprint density at radius 1 is 1.12 bits per heavy atom. The van der Waals surface area contributed by atoms with Crippen molar-refractivity contribution >= 4 is 11.3 Å². The lowest BCUT2D eigenvalue weighted by Gasteiger charge is -2.05. The maximum Gasteiger partial charge on any atom is 0.0940 e. The normalized spacial score (nSPS) is 12.5. The molecule has 2 heterocycles. The Bertz CT molecular complexity index is 1000. The lowest BCUT2D eigenvalue weighted by molar-refractivity contribution is 0.763. The number of benzene rings is 1. The Balaban J connectivity index is 1.92. The number of nitrogens with zero attached hydrogens (tertiary/aromatic N) is 5. The van der Waals surface area contributed by atoms with Gasteiger partial charge in [-0.2, -0.15) is 10.2 Å². The quantitative estimate of drug-likeness (QED) is 0.513. The average molecular weight is 345 g/mol. The first-order valence-electron chi connectivity index (χ1n) is 8.44. The van der Waals surface area contributed by atoms with E-state index in [1.807, 2.05) is 64.9 Å². The molecule has 0 bridgehead atoms. The van der Waals surface area contributed by atoms with Gasteiger partial charge in [-0.1, -0.05) is 24.8 Å². The van der Waals surface area contributed by atoms with Crippen LogP contribution in [0, 0.1) is 0 Å². The molecule has 3 aromatic rings. The second-order valence-corrected chi connectivity index (χ2v) is 6.40. The largest absolute Gasteiger partial charge is 0.275 e. The van der Waals surface area contributed by atoms with Crippen LogP contribution >= 0.6 is 0 Å². The summed E-state index contributed by atoms with van der Waals surface area (Å²) in [5.41, 5.74) is 6.97. The standard InChI is InChI=1S/C21H23N5/c1-15(2)20(21-9-10-25(4)24-21)13-22-16(3)17-7-6-8-18(11-17)19-12-23-26(5)14-19/h6-14H,1H2,2-5H3/b20-13+,22-16?. The molecule has 0 saturated carbocycles. The molecule has 0 saturated heterocycles. The van der Waals surface area contributed by atoms with E-state index in [1.165, 1.54) is 0 Å². The van der Waals surface area contributed by atoms with Crippen molar-refractivity contribution in [1.29, 1.82) is 0 Å². The number of hydrogen-bond donors (Lipinski definition) is 0. The van der Waals surface area contributed by atoms with Gasteiger partial charge in [-0.15, -0.1) is 0 Å². The Morgan fingerprint density at radius 2 is 1.92 bits per heavy atom. The fourth-order valence-electron chi connectivity index (χ4n) is 2.68. The van der Waals surface area contributed by atoms with Crippen LogP contribution < -0.4 is 0 Å². The Hall–Kier alpha value is -3.21. The monoisotopic (exact) mass is 345 g/mol. The second kappa shape index (κ2) is 7.35. The van der Waals surface area contributed by atoms with E-state index in [-0.39, 0.29) is 0 Å². The molecule has 2 aromatic heterocycles. The van der Waals surface area contributed by atoms with Gasteiger partial charge >= 0.3 is 0 Å². The topological polar surface area (TPSA) is 48.0 Å². The number of aliphatic imine (C=N–C) groups is 1. The highest BCUT2D eigenvalue weighted by atomic mass is 15.2. The van der Waals surface area contributed by atoms with Crippen molar-refractivity contribution in [2.45, 2.75) is 13.8 Å². The van der Waals surface area contributed by atoms with Crippen molar-refractivity contribution in [3.8, 4) is 11.1 Å². The minimum absolute atomic E-state index is 0.876. The molecule has 0 spiro atoms. The van der Waals surface area contributed by atoms with Gasteiger partial charge in [0.05, 0.1) is 11.9 Å². The smallest absolute Gasteiger partial charge is 0.0940 e. The van der Waals surface area contributed by atoms with E-state index in [1.54, 1.807) is 9.36 Å². The molecule has 132 valence electrons. The lowest BCUT2D eigenvalue weighted by Crippen LogP contribution is -1.95. The van der Waals surface area contributed by atoms with Gasteiger partial charge in [0.25, 0.3) is 0 Å². The van der Waals surface area contributed by atoms with Gasteiger partial charge < -0.3 is 0 Å². The average Bonchev–Trinajstić information content (AvgIpc) is 3.23. The molecule has 0 aliphatic heterocycles. The van der Waals surface area contributed by atoms with Gasteiger partial charge in [-0.05, 0) is 42.7 Å². The summed E-state index contributed by atoms with van der Waals surface area (Å²) in [5, 5.41) is 8.69. The number of hydrogen-bond acceptors (Lipinski definition) is 3. The minimum atomic E-state index is 0.876. The van der Waals surface area contributed by atoms with Crippen LogP contribution in [-0.4, -0.2) is 25.3 Å². The number of aromatic nitrogens is 4. The third kappa shape index (κ3) is 3.88. The molecule has 26 heavy (non-hydrogen) atoms. The van der Waals surface area contributed by atoms with E-state index in [4.69, 9.17) is 0 Å². The molecule has 0 fully saturated rings. The van der Waals surface area contributed by atoms with Gasteiger partial charge in [-0.3, -0.25) is 14.4 Å². The van der Waals surface area contributed by atoms with Crippen LogP contribution in [0.15, 0.2) is 72.3 Å². The summed E-state index contributed by atoms with van der Waals surface area (Å²) in [6.45, 7) is 8.03. The zero-order valence-electron chi connectivity index (χ0n) is 15.6. The van der Waals surface area contributed by atoms with E-state index in [0.717, 1.165) is 39.2 Å². The zero-order chi connectivity index (χ0) is 18.7. The van der Waals surface area contributed by atoms with Gasteiger partial charge in [-0.25, -0.2) is 0 Å². The van der Waals surface area contributed by atoms with Crippen LogP contribution in [0.2, 0.25) is 0 Å². The van der Waals surface area contributed by atoms with Crippen molar-refractivity contribution in [3.63, 3.8) is 0 Å². The highest BCUT2D eigenvalue weighted by molar-refractivity contribution is 6.00. The van der Waals surface area contributed by atoms with E-state index in [0.29, 0.717) is 0 Å². The molecule has 0 N–H and O–H groups in total. The van der Waals surface area contributed by atoms with Crippen molar-refractivity contribution in [1.82, 2.24) is 19.6 Å². The number of rotatable bonds is 5. The summed E-state index contributed by atoms with van der Waals surface area (Å²) in [5.74, 6) is 0. The fourth-order valence-corrected chi connectivity index (χ4v) is 2.68. The van der Waals surface area contributed by atoms with Crippen molar-refractivity contribution in [2.24, 2.45) is 19.1 Å². The summed E-state index contributed by atoms with van der Waals surface area (Å²) < 4.78 is 3.58. The third-order valence-corrected chi connectivity index (χ3v) is 4.16. The summed E-state index contributed by atoms with van der Waals surface area (Å²) in [4.78, 5) is 4.67. The molecule has 3 rings (SSSR count). The first-order chi connectivity index (χ1) is 12.4. The lowest BCUT2D eigenvalue weighted by atomic mass is 10.0. The summed E-state index contributed by atoms with van der Waals surface area (Å²) in [7, 11) is 3.82. The first-order valence-corrected chi connectivity index (χ1v) is 8.44. The van der Waals surface area contributed by atoms with Crippen LogP contribution in [0.25, 0.3) is 16.7 Å². The fraction of sp³-hybridized carbons (Fsp3) is 0.190. The van der Waals surface area contributed by atoms with Crippen LogP contribution in [0.1, 0.15) is 25.1 Å². The molecule has 5 nitrogen and oxygen atoms in total. The summed E-state index contributed by atoms with van der Waals surface area (Å²) in [6, 6.07) is 10.3. The van der Waals surface area contributed by atoms with Gasteiger partial charge in [0.1, 0.15) is 0 Å². The third-order valence-electron chi connectivity index (χ3n) is 4.16. The number of allylic oxidation sites excluding steroid dienone is 2. The molecule has 0 unspecified atom stereocenters. The maximum atomic E-state index is 4.67. The molecule has 0 aliphatic carbocycles. The SMILES string of the molecule is C=C(C)/C(=C\N=C(C)c1cccc(-c2cnn(C)c2)c1)c1ccn(C)n1. The van der Waals surface area contributed by atoms with Gasteiger partial charge in [0.15, 0.2) is 0 Å². The van der Waals surface area contributed by atoms with Crippen molar-refractivity contribution in [2.75, 3.05) is 0 Å². The molecular formula is C21H23N5. The Labute approximate surface area is 154 Å². The number of aryl methyl sites for hydroxylation is 2. The van der Waals surface area contributed by atoms with Crippen LogP contribution in [-0.2, 0) is 14.1 Å². The predicted molar refractivity (Wildman–Crippen MR) is 107 cm³/mol. The van der Waals surface area contributed by atoms with Crippen LogP contribution in [0.3, 0.4) is 0 Å². The minimum Gasteiger partial charge on any atom is -0.275 e. The first kappa shape index (κ1) is 17.6. The van der Waals surface area contributed by atoms with E-state index < -0.39 is 0 Å². The van der Waals surface area contributed by atoms with Crippen LogP contribution in [0.4, 0.5) is 0 Å².